The Balaban J connectivity index is 2.13. The first-order valence-electron chi connectivity index (χ1n) is 7.23. The summed E-state index contributed by atoms with van der Waals surface area (Å²) >= 11 is 0. The Morgan fingerprint density at radius 1 is 1.29 bits per heavy atom. The summed E-state index contributed by atoms with van der Waals surface area (Å²) in [5.74, 6) is 0.918. The lowest BCUT2D eigenvalue weighted by Gasteiger charge is -2.29. The van der Waals surface area contributed by atoms with Gasteiger partial charge in [0.1, 0.15) is 18.1 Å². The fourth-order valence-electron chi connectivity index (χ4n) is 2.94. The molecular formula is C17H19N3O. The van der Waals surface area contributed by atoms with Crippen LogP contribution in [0.5, 0.6) is 0 Å². The normalized spacial score (nSPS) is 16.8. The molecule has 4 heteroatoms. The van der Waals surface area contributed by atoms with Gasteiger partial charge in [0.05, 0.1) is 0 Å². The molecule has 1 aliphatic rings. The minimum atomic E-state index is -0.273. The number of hydrogen-bond donors (Lipinski definition) is 1. The quantitative estimate of drug-likeness (QED) is 0.870. The number of pyridine rings is 1. The largest absolute Gasteiger partial charge is 0.341 e. The monoisotopic (exact) mass is 281 g/mol. The Hall–Kier alpha value is -2.20. The molecule has 1 aromatic carbocycles. The zero-order valence-corrected chi connectivity index (χ0v) is 12.1. The van der Waals surface area contributed by atoms with Crippen molar-refractivity contribution in [3.05, 3.63) is 59.3 Å². The Morgan fingerprint density at radius 2 is 2.10 bits per heavy atom. The third-order valence-electron chi connectivity index (χ3n) is 3.96. The van der Waals surface area contributed by atoms with Gasteiger partial charge in [-0.25, -0.2) is 4.98 Å². The van der Waals surface area contributed by atoms with Gasteiger partial charge in [0.25, 0.3) is 0 Å². The number of rotatable bonds is 4. The highest BCUT2D eigenvalue weighted by Crippen LogP contribution is 2.34. The van der Waals surface area contributed by atoms with E-state index in [4.69, 9.17) is 0 Å². The van der Waals surface area contributed by atoms with Crippen LogP contribution in [-0.2, 0) is 11.2 Å². The van der Waals surface area contributed by atoms with Crippen LogP contribution in [0.15, 0.2) is 42.6 Å². The number of nitrogens with one attached hydrogen (secondary N) is 1. The first kappa shape index (κ1) is 13.8. The fourth-order valence-corrected chi connectivity index (χ4v) is 2.94. The number of aldehydes is 1. The number of benzene rings is 1. The Bertz CT molecular complexity index is 641. The second-order valence-electron chi connectivity index (χ2n) is 5.24. The molecule has 0 radical (unpaired) electrons. The summed E-state index contributed by atoms with van der Waals surface area (Å²) < 4.78 is 0. The Labute approximate surface area is 124 Å². The van der Waals surface area contributed by atoms with Crippen LogP contribution in [0.4, 0.5) is 5.82 Å². The number of anilines is 1. The van der Waals surface area contributed by atoms with E-state index in [1.807, 2.05) is 31.3 Å². The maximum absolute atomic E-state index is 11.8. The van der Waals surface area contributed by atoms with Gasteiger partial charge in [-0.05, 0) is 29.8 Å². The number of carbonyl (C=O) groups is 1. The van der Waals surface area contributed by atoms with E-state index >= 15 is 0 Å². The SMILES string of the molecule is CNCCN1c2ncccc2Cc2ccccc2C1C=O. The predicted molar refractivity (Wildman–Crippen MR) is 83.6 cm³/mol. The van der Waals surface area contributed by atoms with E-state index in [0.717, 1.165) is 37.2 Å². The molecular weight excluding hydrogens is 262 g/mol. The van der Waals surface area contributed by atoms with Crippen molar-refractivity contribution in [3.8, 4) is 0 Å². The molecule has 1 aromatic heterocycles. The van der Waals surface area contributed by atoms with Crippen molar-refractivity contribution in [1.82, 2.24) is 10.3 Å². The first-order valence-corrected chi connectivity index (χ1v) is 7.23. The molecule has 2 heterocycles. The Kier molecular flexibility index (Phi) is 3.97. The second-order valence-corrected chi connectivity index (χ2v) is 5.24. The lowest BCUT2D eigenvalue weighted by molar-refractivity contribution is -0.109. The summed E-state index contributed by atoms with van der Waals surface area (Å²) in [6, 6.07) is 12.0. The zero-order valence-electron chi connectivity index (χ0n) is 12.1. The maximum Gasteiger partial charge on any atom is 0.147 e. The van der Waals surface area contributed by atoms with E-state index in [-0.39, 0.29) is 6.04 Å². The van der Waals surface area contributed by atoms with Gasteiger partial charge < -0.3 is 15.0 Å². The number of fused-ring (bicyclic) bond motifs is 2. The molecule has 0 fully saturated rings. The maximum atomic E-state index is 11.8. The molecule has 3 rings (SSSR count). The summed E-state index contributed by atoms with van der Waals surface area (Å²) in [5, 5.41) is 3.15. The molecule has 108 valence electrons. The molecule has 1 aliphatic heterocycles. The molecule has 1 atom stereocenters. The van der Waals surface area contributed by atoms with Crippen LogP contribution in [-0.4, -0.2) is 31.4 Å². The van der Waals surface area contributed by atoms with Crippen molar-refractivity contribution in [1.29, 1.82) is 0 Å². The molecule has 0 saturated carbocycles. The van der Waals surface area contributed by atoms with E-state index in [9.17, 15) is 4.79 Å². The summed E-state index contributed by atoms with van der Waals surface area (Å²) in [6.07, 6.45) is 3.64. The third kappa shape index (κ3) is 2.54. The smallest absolute Gasteiger partial charge is 0.147 e. The van der Waals surface area contributed by atoms with Gasteiger partial charge in [-0.3, -0.25) is 0 Å². The topological polar surface area (TPSA) is 45.2 Å². The van der Waals surface area contributed by atoms with E-state index < -0.39 is 0 Å². The van der Waals surface area contributed by atoms with Crippen molar-refractivity contribution < 1.29 is 4.79 Å². The van der Waals surface area contributed by atoms with E-state index in [0.29, 0.717) is 0 Å². The molecule has 0 bridgehead atoms. The standard InChI is InChI=1S/C17H19N3O/c1-18-9-10-20-16(12-21)15-7-3-2-5-13(15)11-14-6-4-8-19-17(14)20/h2-8,12,16,18H,9-11H2,1H3. The molecule has 0 aliphatic carbocycles. The van der Waals surface area contributed by atoms with Crippen LogP contribution in [0.1, 0.15) is 22.7 Å². The fraction of sp³-hybridized carbons (Fsp3) is 0.294. The average Bonchev–Trinajstić information content (AvgIpc) is 2.66. The molecule has 4 nitrogen and oxygen atoms in total. The van der Waals surface area contributed by atoms with Crippen molar-refractivity contribution >= 4 is 12.1 Å². The van der Waals surface area contributed by atoms with Crippen LogP contribution in [0.2, 0.25) is 0 Å². The molecule has 2 aromatic rings. The van der Waals surface area contributed by atoms with Gasteiger partial charge in [-0.2, -0.15) is 0 Å². The summed E-state index contributed by atoms with van der Waals surface area (Å²) in [6.45, 7) is 1.56. The Morgan fingerprint density at radius 3 is 2.90 bits per heavy atom. The van der Waals surface area contributed by atoms with Gasteiger partial charge in [-0.1, -0.05) is 30.3 Å². The number of carbonyl (C=O) groups excluding carboxylic acids is 1. The minimum Gasteiger partial charge on any atom is -0.341 e. The van der Waals surface area contributed by atoms with Gasteiger partial charge >= 0.3 is 0 Å². The van der Waals surface area contributed by atoms with E-state index in [1.165, 1.54) is 11.1 Å². The molecule has 0 spiro atoms. The molecule has 21 heavy (non-hydrogen) atoms. The highest BCUT2D eigenvalue weighted by molar-refractivity contribution is 5.72. The van der Waals surface area contributed by atoms with Crippen LogP contribution < -0.4 is 10.2 Å². The van der Waals surface area contributed by atoms with Crippen LogP contribution in [0.25, 0.3) is 0 Å². The molecule has 0 amide bonds. The molecule has 0 saturated heterocycles. The van der Waals surface area contributed by atoms with Crippen LogP contribution >= 0.6 is 0 Å². The van der Waals surface area contributed by atoms with E-state index in [2.05, 4.69) is 27.3 Å². The minimum absolute atomic E-state index is 0.273. The highest BCUT2D eigenvalue weighted by Gasteiger charge is 2.28. The zero-order chi connectivity index (χ0) is 14.7. The summed E-state index contributed by atoms with van der Waals surface area (Å²) in [4.78, 5) is 18.4. The van der Waals surface area contributed by atoms with Crippen molar-refractivity contribution in [3.63, 3.8) is 0 Å². The van der Waals surface area contributed by atoms with Gasteiger partial charge in [-0.15, -0.1) is 0 Å². The van der Waals surface area contributed by atoms with Crippen LogP contribution in [0.3, 0.4) is 0 Å². The number of hydrogen-bond acceptors (Lipinski definition) is 4. The van der Waals surface area contributed by atoms with E-state index in [1.54, 1.807) is 6.20 Å². The van der Waals surface area contributed by atoms with Gasteiger partial charge in [0, 0.05) is 25.7 Å². The predicted octanol–water partition coefficient (Wildman–Crippen LogP) is 1.95. The summed E-state index contributed by atoms with van der Waals surface area (Å²) in [5.41, 5.74) is 3.46. The molecule has 1 unspecified atom stereocenters. The number of aromatic nitrogens is 1. The molecule has 1 N–H and O–H groups in total. The van der Waals surface area contributed by atoms with Gasteiger partial charge in [0.15, 0.2) is 0 Å². The number of nitrogens with zero attached hydrogens (tertiary/aromatic N) is 2. The number of likely N-dealkylation sites (N-methyl/N-ethyl adjacent to an activating group) is 1. The third-order valence-corrected chi connectivity index (χ3v) is 3.96. The van der Waals surface area contributed by atoms with Gasteiger partial charge in [0.2, 0.25) is 0 Å². The average molecular weight is 281 g/mol. The van der Waals surface area contributed by atoms with Crippen molar-refractivity contribution in [2.45, 2.75) is 12.5 Å². The lowest BCUT2D eigenvalue weighted by Crippen LogP contribution is -2.35. The first-order chi connectivity index (χ1) is 10.3. The second kappa shape index (κ2) is 6.06. The highest BCUT2D eigenvalue weighted by atomic mass is 16.1. The van der Waals surface area contributed by atoms with Crippen molar-refractivity contribution in [2.75, 3.05) is 25.0 Å². The van der Waals surface area contributed by atoms with Crippen LogP contribution in [0, 0.1) is 0 Å². The van der Waals surface area contributed by atoms with Crippen molar-refractivity contribution in [2.24, 2.45) is 0 Å². The lowest BCUT2D eigenvalue weighted by atomic mass is 9.98. The summed E-state index contributed by atoms with van der Waals surface area (Å²) in [7, 11) is 1.92.